The van der Waals surface area contributed by atoms with Gasteiger partial charge in [0, 0.05) is 49.7 Å². The smallest absolute Gasteiger partial charge is 0.136 e. The average Bonchev–Trinajstić information content (AvgIpc) is 3.96. The second-order valence-electron chi connectivity index (χ2n) is 18.2. The first-order chi connectivity index (χ1) is 33.3. The Morgan fingerprint density at radius 1 is 0.403 bits per heavy atom. The molecule has 0 aliphatic heterocycles. The SMILES string of the molecule is c1ccc(-n2c3ccccc3c3cccc(-c4ccc(N(c5ccc(-c6cccc7oc8ccccc8c67)cc5)c5ccccc5-c5cccc6cccc(C7CCCCC7)c56)cc4)c32)cc1. The number of hydrogen-bond acceptors (Lipinski definition) is 2. The van der Waals surface area contributed by atoms with E-state index in [9.17, 15) is 0 Å². The van der Waals surface area contributed by atoms with E-state index < -0.39 is 0 Å². The van der Waals surface area contributed by atoms with Crippen LogP contribution in [0.3, 0.4) is 0 Å². The maximum absolute atomic E-state index is 6.32. The molecule has 0 bridgehead atoms. The Morgan fingerprint density at radius 2 is 0.985 bits per heavy atom. The normalized spacial score (nSPS) is 13.3. The van der Waals surface area contributed by atoms with Gasteiger partial charge in [0.2, 0.25) is 0 Å². The summed E-state index contributed by atoms with van der Waals surface area (Å²) in [5.74, 6) is 0.573. The molecule has 0 radical (unpaired) electrons. The van der Waals surface area contributed by atoms with E-state index in [4.69, 9.17) is 4.42 Å². The minimum absolute atomic E-state index is 0.573. The lowest BCUT2D eigenvalue weighted by Gasteiger charge is -2.29. The molecule has 2 aromatic heterocycles. The van der Waals surface area contributed by atoms with E-state index in [0.717, 1.165) is 50.3 Å². The molecule has 0 saturated heterocycles. The first-order valence-corrected chi connectivity index (χ1v) is 23.9. The molecule has 1 aliphatic rings. The van der Waals surface area contributed by atoms with Crippen molar-refractivity contribution in [2.45, 2.75) is 38.0 Å². The molecule has 0 spiro atoms. The molecule has 1 fully saturated rings. The van der Waals surface area contributed by atoms with Crippen molar-refractivity contribution in [3.05, 3.63) is 230 Å². The van der Waals surface area contributed by atoms with Crippen LogP contribution >= 0.6 is 0 Å². The van der Waals surface area contributed by atoms with E-state index in [0.29, 0.717) is 5.92 Å². The number of anilines is 3. The monoisotopic (exact) mass is 860 g/mol. The summed E-state index contributed by atoms with van der Waals surface area (Å²) in [5.41, 5.74) is 17.4. The fourth-order valence-corrected chi connectivity index (χ4v) is 11.4. The minimum Gasteiger partial charge on any atom is -0.456 e. The van der Waals surface area contributed by atoms with E-state index in [1.165, 1.54) is 98.1 Å². The maximum atomic E-state index is 6.32. The summed E-state index contributed by atoms with van der Waals surface area (Å²) in [5, 5.41) is 7.47. The highest BCUT2D eigenvalue weighted by atomic mass is 16.3. The summed E-state index contributed by atoms with van der Waals surface area (Å²) in [6.07, 6.45) is 6.44. The minimum atomic E-state index is 0.573. The van der Waals surface area contributed by atoms with Gasteiger partial charge in [0.25, 0.3) is 0 Å². The first-order valence-electron chi connectivity index (χ1n) is 23.9. The van der Waals surface area contributed by atoms with E-state index in [-0.39, 0.29) is 0 Å². The molecule has 67 heavy (non-hydrogen) atoms. The Labute approximate surface area is 390 Å². The zero-order valence-corrected chi connectivity index (χ0v) is 37.3. The van der Waals surface area contributed by atoms with Crippen molar-refractivity contribution in [3.63, 3.8) is 0 Å². The standard InChI is InChI=1S/C64H48N2O/c1-3-17-43(18-4-1)50-26-13-19-46-20-14-29-55(62(46)50)53-23-7-10-31-58(53)65(48-39-35-44(36-40-48)51-27-16-34-61-63(51)57-25-9-12-33-60(57)67-61)49-41-37-45(38-42-49)52-28-15-30-56-54-24-8-11-32-59(54)66(64(52)56)47-21-5-2-6-22-47/h2,5-16,19-43H,1,3-4,17-18H2. The lowest BCUT2D eigenvalue weighted by molar-refractivity contribution is 0.445. The Hall–Kier alpha value is -8.14. The number of nitrogens with zero attached hydrogens (tertiary/aromatic N) is 2. The van der Waals surface area contributed by atoms with Crippen molar-refractivity contribution in [2.24, 2.45) is 0 Å². The van der Waals surface area contributed by atoms with E-state index in [2.05, 4.69) is 228 Å². The predicted molar refractivity (Wildman–Crippen MR) is 282 cm³/mol. The van der Waals surface area contributed by atoms with Crippen LogP contribution < -0.4 is 4.90 Å². The van der Waals surface area contributed by atoms with Crippen LogP contribution in [-0.2, 0) is 0 Å². The molecule has 0 amide bonds. The van der Waals surface area contributed by atoms with Crippen molar-refractivity contribution < 1.29 is 4.42 Å². The number of furan rings is 1. The van der Waals surface area contributed by atoms with Crippen molar-refractivity contribution >= 4 is 71.6 Å². The Kier molecular flexibility index (Phi) is 9.60. The van der Waals surface area contributed by atoms with E-state index in [1.807, 2.05) is 6.07 Å². The molecule has 13 rings (SSSR count). The van der Waals surface area contributed by atoms with Gasteiger partial charge in [0.05, 0.1) is 16.7 Å². The van der Waals surface area contributed by atoms with Gasteiger partial charge in [0.15, 0.2) is 0 Å². The van der Waals surface area contributed by atoms with Gasteiger partial charge in [-0.3, -0.25) is 0 Å². The Balaban J connectivity index is 0.986. The van der Waals surface area contributed by atoms with E-state index in [1.54, 1.807) is 0 Å². The van der Waals surface area contributed by atoms with Gasteiger partial charge in [-0.1, -0.05) is 183 Å². The zero-order valence-electron chi connectivity index (χ0n) is 37.3. The summed E-state index contributed by atoms with van der Waals surface area (Å²) in [6, 6.07) is 82.2. The third kappa shape index (κ3) is 6.64. The van der Waals surface area contributed by atoms with Crippen LogP contribution in [0.4, 0.5) is 17.1 Å². The summed E-state index contributed by atoms with van der Waals surface area (Å²) >= 11 is 0. The molecule has 0 N–H and O–H groups in total. The van der Waals surface area contributed by atoms with Gasteiger partial charge in [-0.2, -0.15) is 0 Å². The van der Waals surface area contributed by atoms with Gasteiger partial charge >= 0.3 is 0 Å². The van der Waals surface area contributed by atoms with Gasteiger partial charge in [0.1, 0.15) is 11.2 Å². The van der Waals surface area contributed by atoms with Crippen LogP contribution in [0, 0.1) is 0 Å². The number of benzene rings is 10. The van der Waals surface area contributed by atoms with Gasteiger partial charge < -0.3 is 13.9 Å². The van der Waals surface area contributed by atoms with Crippen LogP contribution in [0.15, 0.2) is 229 Å². The summed E-state index contributed by atoms with van der Waals surface area (Å²) in [4.78, 5) is 2.46. The number of rotatable bonds is 8. The fraction of sp³-hybridized carbons (Fsp3) is 0.0938. The quantitative estimate of drug-likeness (QED) is 0.152. The second-order valence-corrected chi connectivity index (χ2v) is 18.2. The Morgan fingerprint density at radius 3 is 1.79 bits per heavy atom. The van der Waals surface area contributed by atoms with Crippen LogP contribution in [0.5, 0.6) is 0 Å². The summed E-state index contributed by atoms with van der Waals surface area (Å²) in [7, 11) is 0. The highest BCUT2D eigenvalue weighted by Crippen LogP contribution is 2.47. The molecule has 10 aromatic carbocycles. The number of aromatic nitrogens is 1. The number of hydrogen-bond donors (Lipinski definition) is 0. The largest absolute Gasteiger partial charge is 0.456 e. The Bertz CT molecular complexity index is 3770. The molecular weight excluding hydrogens is 813 g/mol. The van der Waals surface area contributed by atoms with Crippen molar-refractivity contribution in [1.29, 1.82) is 0 Å². The molecule has 1 aliphatic carbocycles. The van der Waals surface area contributed by atoms with Gasteiger partial charge in [-0.25, -0.2) is 0 Å². The number of para-hydroxylation sites is 5. The highest BCUT2D eigenvalue weighted by molar-refractivity contribution is 6.14. The molecule has 0 unspecified atom stereocenters. The van der Waals surface area contributed by atoms with Gasteiger partial charge in [-0.05, 0) is 118 Å². The lowest BCUT2D eigenvalue weighted by atomic mass is 9.80. The first kappa shape index (κ1) is 39.2. The second kappa shape index (κ2) is 16.4. The third-order valence-electron chi connectivity index (χ3n) is 14.4. The number of fused-ring (bicyclic) bond motifs is 7. The topological polar surface area (TPSA) is 21.3 Å². The average molecular weight is 861 g/mol. The van der Waals surface area contributed by atoms with Crippen LogP contribution in [0.2, 0.25) is 0 Å². The van der Waals surface area contributed by atoms with Crippen molar-refractivity contribution in [3.8, 4) is 39.1 Å². The highest BCUT2D eigenvalue weighted by Gasteiger charge is 2.24. The van der Waals surface area contributed by atoms with Gasteiger partial charge in [-0.15, -0.1) is 0 Å². The molecule has 3 heteroatoms. The molecule has 320 valence electrons. The van der Waals surface area contributed by atoms with Crippen LogP contribution in [0.25, 0.3) is 93.6 Å². The zero-order chi connectivity index (χ0) is 44.3. The third-order valence-corrected chi connectivity index (χ3v) is 14.4. The summed E-state index contributed by atoms with van der Waals surface area (Å²) in [6.45, 7) is 0. The fourth-order valence-electron chi connectivity index (χ4n) is 11.4. The summed E-state index contributed by atoms with van der Waals surface area (Å²) < 4.78 is 8.75. The molecule has 3 nitrogen and oxygen atoms in total. The van der Waals surface area contributed by atoms with Crippen molar-refractivity contribution in [2.75, 3.05) is 4.90 Å². The van der Waals surface area contributed by atoms with Crippen LogP contribution in [-0.4, -0.2) is 4.57 Å². The van der Waals surface area contributed by atoms with Crippen LogP contribution in [0.1, 0.15) is 43.6 Å². The molecule has 2 heterocycles. The molecule has 12 aromatic rings. The molecular formula is C64H48N2O. The lowest BCUT2D eigenvalue weighted by Crippen LogP contribution is -2.11. The van der Waals surface area contributed by atoms with Crippen molar-refractivity contribution in [1.82, 2.24) is 4.57 Å². The van der Waals surface area contributed by atoms with E-state index >= 15 is 0 Å². The maximum Gasteiger partial charge on any atom is 0.136 e. The molecule has 0 atom stereocenters. The molecule has 1 saturated carbocycles. The predicted octanol–water partition coefficient (Wildman–Crippen LogP) is 18.4.